The Balaban J connectivity index is 1.81. The van der Waals surface area contributed by atoms with Crippen molar-refractivity contribution >= 4 is 35.0 Å². The van der Waals surface area contributed by atoms with Gasteiger partial charge in [-0.05, 0) is 57.4 Å². The number of esters is 1. The number of nitrogens with one attached hydrogen (secondary N) is 1. The third-order valence-electron chi connectivity index (χ3n) is 3.98. The number of rotatable bonds is 7. The molecular formula is C18H26N2O3S. The van der Waals surface area contributed by atoms with Gasteiger partial charge in [0.25, 0.3) is 0 Å². The zero-order valence-corrected chi connectivity index (χ0v) is 15.2. The number of benzene rings is 1. The molecule has 0 spiro atoms. The summed E-state index contributed by atoms with van der Waals surface area (Å²) < 4.78 is 4.86. The highest BCUT2D eigenvalue weighted by molar-refractivity contribution is 8.01. The summed E-state index contributed by atoms with van der Waals surface area (Å²) in [5.41, 5.74) is 1.99. The highest BCUT2D eigenvalue weighted by Gasteiger charge is 2.16. The molecule has 1 amide bonds. The van der Waals surface area contributed by atoms with Gasteiger partial charge in [-0.15, -0.1) is 11.8 Å². The van der Waals surface area contributed by atoms with E-state index in [1.807, 2.05) is 12.1 Å². The van der Waals surface area contributed by atoms with E-state index in [1.165, 1.54) is 36.7 Å². The molecule has 24 heavy (non-hydrogen) atoms. The van der Waals surface area contributed by atoms with Gasteiger partial charge >= 0.3 is 5.97 Å². The van der Waals surface area contributed by atoms with E-state index in [0.29, 0.717) is 6.61 Å². The number of nitrogens with zero attached hydrogens (tertiary/aromatic N) is 1. The maximum atomic E-state index is 12.2. The molecule has 1 N–H and O–H groups in total. The Morgan fingerprint density at radius 3 is 2.50 bits per heavy atom. The van der Waals surface area contributed by atoms with E-state index in [-0.39, 0.29) is 22.9 Å². The Morgan fingerprint density at radius 2 is 1.88 bits per heavy atom. The molecule has 6 heteroatoms. The first-order valence-corrected chi connectivity index (χ1v) is 9.58. The van der Waals surface area contributed by atoms with Crippen LogP contribution in [0.25, 0.3) is 0 Å². The fraction of sp³-hybridized carbons (Fsp3) is 0.556. The summed E-state index contributed by atoms with van der Waals surface area (Å²) in [5.74, 6) is -0.195. The molecule has 0 aliphatic carbocycles. The average Bonchev–Trinajstić information content (AvgIpc) is 2.61. The summed E-state index contributed by atoms with van der Waals surface area (Å²) in [6.45, 7) is 6.14. The lowest BCUT2D eigenvalue weighted by Crippen LogP contribution is -2.29. The Kier molecular flexibility index (Phi) is 7.43. The summed E-state index contributed by atoms with van der Waals surface area (Å²) in [5, 5.41) is 2.59. The molecule has 1 heterocycles. The van der Waals surface area contributed by atoms with Gasteiger partial charge in [0.15, 0.2) is 0 Å². The highest BCUT2D eigenvalue weighted by atomic mass is 32.2. The molecule has 132 valence electrons. The Morgan fingerprint density at radius 1 is 1.21 bits per heavy atom. The van der Waals surface area contributed by atoms with Crippen LogP contribution in [0.15, 0.2) is 24.3 Å². The molecule has 1 aromatic rings. The minimum atomic E-state index is -0.309. The van der Waals surface area contributed by atoms with Crippen molar-refractivity contribution in [2.45, 2.75) is 38.4 Å². The van der Waals surface area contributed by atoms with Crippen molar-refractivity contribution in [2.24, 2.45) is 0 Å². The number of amides is 1. The predicted octanol–water partition coefficient (Wildman–Crippen LogP) is 3.30. The van der Waals surface area contributed by atoms with Crippen LogP contribution in [-0.4, -0.2) is 42.6 Å². The van der Waals surface area contributed by atoms with E-state index < -0.39 is 0 Å². The number of hydrogen-bond donors (Lipinski definition) is 1. The zero-order chi connectivity index (χ0) is 17.4. The van der Waals surface area contributed by atoms with E-state index in [9.17, 15) is 9.59 Å². The first-order chi connectivity index (χ1) is 11.6. The second-order valence-corrected chi connectivity index (χ2v) is 7.17. The van der Waals surface area contributed by atoms with E-state index in [0.717, 1.165) is 18.8 Å². The van der Waals surface area contributed by atoms with E-state index in [1.54, 1.807) is 13.8 Å². The van der Waals surface area contributed by atoms with Crippen LogP contribution >= 0.6 is 11.8 Å². The third-order valence-corrected chi connectivity index (χ3v) is 5.10. The van der Waals surface area contributed by atoms with Gasteiger partial charge in [0, 0.05) is 24.5 Å². The number of thioether (sulfide) groups is 1. The second-order valence-electron chi connectivity index (χ2n) is 5.84. The topological polar surface area (TPSA) is 58.6 Å². The van der Waals surface area contributed by atoms with Crippen molar-refractivity contribution in [1.29, 1.82) is 0 Å². The molecule has 1 aromatic carbocycles. The normalized spacial score (nSPS) is 15.7. The van der Waals surface area contributed by atoms with Crippen LogP contribution in [0.2, 0.25) is 0 Å². The summed E-state index contributed by atoms with van der Waals surface area (Å²) in [4.78, 5) is 25.9. The molecule has 1 saturated heterocycles. The molecule has 0 saturated carbocycles. The third kappa shape index (κ3) is 5.74. The quantitative estimate of drug-likeness (QED) is 0.765. The van der Waals surface area contributed by atoms with Crippen molar-refractivity contribution in [3.63, 3.8) is 0 Å². The van der Waals surface area contributed by atoms with E-state index >= 15 is 0 Å². The minimum Gasteiger partial charge on any atom is -0.465 e. The Labute approximate surface area is 148 Å². The van der Waals surface area contributed by atoms with Crippen molar-refractivity contribution < 1.29 is 14.3 Å². The summed E-state index contributed by atoms with van der Waals surface area (Å²) in [6.07, 6.45) is 3.80. The largest absolute Gasteiger partial charge is 0.465 e. The van der Waals surface area contributed by atoms with Crippen LogP contribution in [0, 0.1) is 0 Å². The molecule has 0 bridgehead atoms. The average molecular weight is 350 g/mol. The lowest BCUT2D eigenvalue weighted by molar-refractivity contribution is -0.139. The molecule has 1 unspecified atom stereocenters. The Hall–Kier alpha value is -1.69. The molecule has 0 radical (unpaired) electrons. The summed E-state index contributed by atoms with van der Waals surface area (Å²) in [7, 11) is 0. The van der Waals surface area contributed by atoms with Crippen LogP contribution in [0.5, 0.6) is 0 Å². The highest BCUT2D eigenvalue weighted by Crippen LogP contribution is 2.22. The van der Waals surface area contributed by atoms with Gasteiger partial charge in [0.1, 0.15) is 0 Å². The minimum absolute atomic E-state index is 0.102. The molecular weight excluding hydrogens is 324 g/mol. The van der Waals surface area contributed by atoms with Gasteiger partial charge in [-0.25, -0.2) is 0 Å². The predicted molar refractivity (Wildman–Crippen MR) is 99.7 cm³/mol. The number of carbonyl (C=O) groups excluding carboxylic acids is 2. The standard InChI is InChI=1S/C18H26N2O3S/c1-3-23-17(21)13-24-14(2)18(22)19-15-7-9-16(10-8-15)20-11-5-4-6-12-20/h7-10,14H,3-6,11-13H2,1-2H3,(H,19,22). The van der Waals surface area contributed by atoms with E-state index in [2.05, 4.69) is 22.3 Å². The molecule has 1 fully saturated rings. The number of anilines is 2. The van der Waals surface area contributed by atoms with Crippen molar-refractivity contribution in [3.8, 4) is 0 Å². The number of ether oxygens (including phenoxy) is 1. The van der Waals surface area contributed by atoms with Crippen LogP contribution in [-0.2, 0) is 14.3 Å². The van der Waals surface area contributed by atoms with Gasteiger partial charge < -0.3 is 15.0 Å². The first kappa shape index (κ1) is 18.6. The molecule has 0 aromatic heterocycles. The number of carbonyl (C=O) groups is 2. The molecule has 2 rings (SSSR count). The number of piperidine rings is 1. The summed E-state index contributed by atoms with van der Waals surface area (Å²) in [6, 6.07) is 7.98. The lowest BCUT2D eigenvalue weighted by atomic mass is 10.1. The smallest absolute Gasteiger partial charge is 0.315 e. The van der Waals surface area contributed by atoms with Crippen LogP contribution < -0.4 is 10.2 Å². The second kappa shape index (κ2) is 9.57. The van der Waals surface area contributed by atoms with Crippen LogP contribution in [0.3, 0.4) is 0 Å². The van der Waals surface area contributed by atoms with Gasteiger partial charge in [-0.2, -0.15) is 0 Å². The van der Waals surface area contributed by atoms with Crippen molar-refractivity contribution in [1.82, 2.24) is 0 Å². The van der Waals surface area contributed by atoms with Gasteiger partial charge in [0.05, 0.1) is 17.6 Å². The number of hydrogen-bond acceptors (Lipinski definition) is 5. The van der Waals surface area contributed by atoms with Gasteiger partial charge in [-0.1, -0.05) is 0 Å². The van der Waals surface area contributed by atoms with Crippen LogP contribution in [0.4, 0.5) is 11.4 Å². The Bertz CT molecular complexity index is 542. The SMILES string of the molecule is CCOC(=O)CSC(C)C(=O)Nc1ccc(N2CCCCC2)cc1. The fourth-order valence-corrected chi connectivity index (χ4v) is 3.30. The summed E-state index contributed by atoms with van der Waals surface area (Å²) >= 11 is 1.28. The maximum Gasteiger partial charge on any atom is 0.315 e. The van der Waals surface area contributed by atoms with Gasteiger partial charge in [-0.3, -0.25) is 9.59 Å². The van der Waals surface area contributed by atoms with Gasteiger partial charge in [0.2, 0.25) is 5.91 Å². The van der Waals surface area contributed by atoms with Crippen LogP contribution in [0.1, 0.15) is 33.1 Å². The van der Waals surface area contributed by atoms with E-state index in [4.69, 9.17) is 4.74 Å². The molecule has 1 atom stereocenters. The fourth-order valence-electron chi connectivity index (χ4n) is 2.62. The molecule has 5 nitrogen and oxygen atoms in total. The lowest BCUT2D eigenvalue weighted by Gasteiger charge is -2.28. The van der Waals surface area contributed by atoms with Crippen molar-refractivity contribution in [2.75, 3.05) is 35.7 Å². The maximum absolute atomic E-state index is 12.2. The zero-order valence-electron chi connectivity index (χ0n) is 14.4. The molecule has 1 aliphatic rings. The molecule has 1 aliphatic heterocycles. The monoisotopic (exact) mass is 350 g/mol. The van der Waals surface area contributed by atoms with Crippen molar-refractivity contribution in [3.05, 3.63) is 24.3 Å². The first-order valence-electron chi connectivity index (χ1n) is 8.53.